The molecule has 0 bridgehead atoms. The largest absolute Gasteiger partial charge is 0.341 e. The summed E-state index contributed by atoms with van der Waals surface area (Å²) in [6.07, 6.45) is 1.03. The molecule has 2 aromatic heterocycles. The van der Waals surface area contributed by atoms with Gasteiger partial charge in [-0.05, 0) is 49.4 Å². The van der Waals surface area contributed by atoms with E-state index in [-0.39, 0.29) is 5.43 Å². The molecule has 0 aliphatic rings. The van der Waals surface area contributed by atoms with Gasteiger partial charge < -0.3 is 5.32 Å². The predicted molar refractivity (Wildman–Crippen MR) is 123 cm³/mol. The minimum absolute atomic E-state index is 0.0169. The molecule has 2 aromatic carbocycles. The number of para-hydroxylation sites is 2. The number of aromatic nitrogens is 2. The van der Waals surface area contributed by atoms with Crippen molar-refractivity contribution in [3.8, 4) is 5.69 Å². The minimum atomic E-state index is -0.0169. The fourth-order valence-electron chi connectivity index (χ4n) is 3.35. The van der Waals surface area contributed by atoms with Crippen LogP contribution in [0.1, 0.15) is 19.0 Å². The monoisotopic (exact) mass is 401 g/mol. The quantitative estimate of drug-likeness (QED) is 0.406. The van der Waals surface area contributed by atoms with Crippen molar-refractivity contribution in [1.82, 2.24) is 9.55 Å². The topological polar surface area (TPSA) is 46.9 Å². The first-order valence-corrected chi connectivity index (χ1v) is 10.7. The third-order valence-corrected chi connectivity index (χ3v) is 5.77. The first-order valence-electron chi connectivity index (χ1n) is 9.75. The lowest BCUT2D eigenvalue weighted by Crippen LogP contribution is -2.14. The summed E-state index contributed by atoms with van der Waals surface area (Å²) in [5, 5.41) is 4.91. The minimum Gasteiger partial charge on any atom is -0.341 e. The third kappa shape index (κ3) is 4.05. The van der Waals surface area contributed by atoms with Gasteiger partial charge in [-0.3, -0.25) is 9.36 Å². The van der Waals surface area contributed by atoms with Crippen LogP contribution in [0, 0.1) is 6.92 Å². The Morgan fingerprint density at radius 1 is 1.00 bits per heavy atom. The predicted octanol–water partition coefficient (Wildman–Crippen LogP) is 5.94. The highest BCUT2D eigenvalue weighted by Gasteiger charge is 2.16. The van der Waals surface area contributed by atoms with Gasteiger partial charge in [-0.15, -0.1) is 11.8 Å². The first kappa shape index (κ1) is 19.3. The van der Waals surface area contributed by atoms with E-state index in [2.05, 4.69) is 33.9 Å². The van der Waals surface area contributed by atoms with Gasteiger partial charge >= 0.3 is 0 Å². The number of hydrogen-bond donors (Lipinski definition) is 1. The van der Waals surface area contributed by atoms with E-state index in [0.717, 1.165) is 45.6 Å². The molecule has 1 N–H and O–H groups in total. The van der Waals surface area contributed by atoms with Crippen LogP contribution in [0.25, 0.3) is 16.6 Å². The van der Waals surface area contributed by atoms with Crippen molar-refractivity contribution < 1.29 is 0 Å². The number of aryl methyl sites for hydroxylation is 1. The number of nitrogens with zero attached hydrogens (tertiary/aromatic N) is 2. The standard InChI is InChI=1S/C24H23N3OS/c1-3-14-29-24-23-20(15-17(2)25-24)27(19-12-8-5-9-13-19)22(16-21(23)28)26-18-10-6-4-7-11-18/h4-13,15-16,26H,3,14H2,1-2H3. The maximum Gasteiger partial charge on any atom is 0.194 e. The summed E-state index contributed by atoms with van der Waals surface area (Å²) in [5.74, 6) is 1.66. The van der Waals surface area contributed by atoms with Crippen molar-refractivity contribution in [2.24, 2.45) is 0 Å². The molecule has 0 aliphatic heterocycles. The summed E-state index contributed by atoms with van der Waals surface area (Å²) in [4.78, 5) is 17.8. The normalized spacial score (nSPS) is 11.0. The average molecular weight is 402 g/mol. The van der Waals surface area contributed by atoms with Gasteiger partial charge in [0.25, 0.3) is 0 Å². The van der Waals surface area contributed by atoms with Crippen LogP contribution in [0.4, 0.5) is 11.5 Å². The van der Waals surface area contributed by atoms with Crippen LogP contribution < -0.4 is 10.7 Å². The van der Waals surface area contributed by atoms with Crippen molar-refractivity contribution in [3.05, 3.63) is 88.7 Å². The summed E-state index contributed by atoms with van der Waals surface area (Å²) < 4.78 is 2.11. The number of thioether (sulfide) groups is 1. The van der Waals surface area contributed by atoms with E-state index in [4.69, 9.17) is 0 Å². The maximum absolute atomic E-state index is 13.2. The average Bonchev–Trinajstić information content (AvgIpc) is 2.73. The number of fused-ring (bicyclic) bond motifs is 1. The number of nitrogens with one attached hydrogen (secondary N) is 1. The van der Waals surface area contributed by atoms with Crippen molar-refractivity contribution in [2.45, 2.75) is 25.3 Å². The smallest absolute Gasteiger partial charge is 0.194 e. The Morgan fingerprint density at radius 3 is 2.38 bits per heavy atom. The van der Waals surface area contributed by atoms with Crippen molar-refractivity contribution in [1.29, 1.82) is 0 Å². The van der Waals surface area contributed by atoms with Gasteiger partial charge in [0.1, 0.15) is 10.8 Å². The lowest BCUT2D eigenvalue weighted by atomic mass is 10.2. The molecule has 0 amide bonds. The van der Waals surface area contributed by atoms with E-state index >= 15 is 0 Å². The molecule has 0 aliphatic carbocycles. The van der Waals surface area contributed by atoms with Crippen LogP contribution >= 0.6 is 11.8 Å². The molecule has 0 spiro atoms. The van der Waals surface area contributed by atoms with Gasteiger partial charge in [-0.25, -0.2) is 4.98 Å². The van der Waals surface area contributed by atoms with Crippen molar-refractivity contribution in [3.63, 3.8) is 0 Å². The number of pyridine rings is 2. The molecular weight excluding hydrogens is 378 g/mol. The summed E-state index contributed by atoms with van der Waals surface area (Å²) in [7, 11) is 0. The van der Waals surface area contributed by atoms with Crippen LogP contribution in [0.5, 0.6) is 0 Å². The van der Waals surface area contributed by atoms with Gasteiger partial charge in [0.05, 0.1) is 10.9 Å². The highest BCUT2D eigenvalue weighted by Crippen LogP contribution is 2.30. The van der Waals surface area contributed by atoms with Crippen LogP contribution in [-0.4, -0.2) is 15.3 Å². The zero-order valence-electron chi connectivity index (χ0n) is 16.6. The highest BCUT2D eigenvalue weighted by atomic mass is 32.2. The molecule has 0 unspecified atom stereocenters. The molecule has 4 rings (SSSR count). The van der Waals surface area contributed by atoms with E-state index in [9.17, 15) is 4.79 Å². The number of rotatable bonds is 6. The number of anilines is 2. The molecule has 0 radical (unpaired) electrons. The molecule has 0 saturated carbocycles. The third-order valence-electron chi connectivity index (χ3n) is 4.59. The Bertz CT molecular complexity index is 1190. The Kier molecular flexibility index (Phi) is 5.67. The fraction of sp³-hybridized carbons (Fsp3) is 0.167. The van der Waals surface area contributed by atoms with E-state index in [1.165, 1.54) is 0 Å². The maximum atomic E-state index is 13.2. The number of benzene rings is 2. The molecule has 2 heterocycles. The zero-order chi connectivity index (χ0) is 20.2. The molecule has 0 saturated heterocycles. The molecule has 0 fully saturated rings. The number of hydrogen-bond acceptors (Lipinski definition) is 4. The zero-order valence-corrected chi connectivity index (χ0v) is 17.4. The summed E-state index contributed by atoms with van der Waals surface area (Å²) in [5.41, 5.74) is 3.68. The van der Waals surface area contributed by atoms with Crippen molar-refractivity contribution in [2.75, 3.05) is 11.1 Å². The Morgan fingerprint density at radius 2 is 1.69 bits per heavy atom. The van der Waals surface area contributed by atoms with E-state index in [1.807, 2.05) is 61.5 Å². The molecule has 4 nitrogen and oxygen atoms in total. The van der Waals surface area contributed by atoms with Crippen molar-refractivity contribution >= 4 is 34.2 Å². The first-order chi connectivity index (χ1) is 14.2. The molecule has 4 aromatic rings. The highest BCUT2D eigenvalue weighted by molar-refractivity contribution is 7.99. The van der Waals surface area contributed by atoms with Crippen LogP contribution in [0.15, 0.2) is 82.6 Å². The summed E-state index contributed by atoms with van der Waals surface area (Å²) >= 11 is 1.65. The molecule has 0 atom stereocenters. The van der Waals surface area contributed by atoms with Gasteiger partial charge in [0.15, 0.2) is 5.43 Å². The van der Waals surface area contributed by atoms with Crippen LogP contribution in [-0.2, 0) is 0 Å². The van der Waals surface area contributed by atoms with E-state index in [1.54, 1.807) is 17.8 Å². The van der Waals surface area contributed by atoms with Gasteiger partial charge in [0.2, 0.25) is 0 Å². The lowest BCUT2D eigenvalue weighted by Gasteiger charge is -2.19. The van der Waals surface area contributed by atoms with E-state index < -0.39 is 0 Å². The fourth-order valence-corrected chi connectivity index (χ4v) is 4.30. The molecular formula is C24H23N3OS. The lowest BCUT2D eigenvalue weighted by molar-refractivity contribution is 1.04. The molecule has 146 valence electrons. The second-order valence-electron chi connectivity index (χ2n) is 6.87. The molecule has 29 heavy (non-hydrogen) atoms. The summed E-state index contributed by atoms with van der Waals surface area (Å²) in [6, 6.07) is 23.7. The van der Waals surface area contributed by atoms with Gasteiger partial charge in [0, 0.05) is 23.1 Å². The SMILES string of the molecule is CCCSc1nc(C)cc2c1c(=O)cc(Nc1ccccc1)n2-c1ccccc1. The second-order valence-corrected chi connectivity index (χ2v) is 7.95. The van der Waals surface area contributed by atoms with Crippen LogP contribution in [0.2, 0.25) is 0 Å². The Balaban J connectivity index is 2.01. The molecule has 5 heteroatoms. The van der Waals surface area contributed by atoms with Gasteiger partial charge in [-0.2, -0.15) is 0 Å². The Hall–Kier alpha value is -3.05. The van der Waals surface area contributed by atoms with Crippen LogP contribution in [0.3, 0.4) is 0 Å². The summed E-state index contributed by atoms with van der Waals surface area (Å²) in [6.45, 7) is 4.11. The van der Waals surface area contributed by atoms with Gasteiger partial charge in [-0.1, -0.05) is 43.3 Å². The van der Waals surface area contributed by atoms with E-state index in [0.29, 0.717) is 5.39 Å². The Labute approximate surface area is 174 Å². The second kappa shape index (κ2) is 8.53.